The molecule has 0 aliphatic carbocycles. The number of morpholine rings is 1. The van der Waals surface area contributed by atoms with E-state index in [2.05, 4.69) is 10.6 Å². The van der Waals surface area contributed by atoms with Gasteiger partial charge in [-0.1, -0.05) is 6.07 Å². The molecule has 3 aliphatic heterocycles. The number of hydrogen-bond acceptors (Lipinski definition) is 5. The molecule has 0 saturated carbocycles. The minimum Gasteiger partial charge on any atom is -0.490 e. The summed E-state index contributed by atoms with van der Waals surface area (Å²) in [4.78, 5) is 26.7. The Labute approximate surface area is 171 Å². The number of amides is 2. The average molecular weight is 427 g/mol. The van der Waals surface area contributed by atoms with Crippen molar-refractivity contribution < 1.29 is 32.2 Å². The van der Waals surface area contributed by atoms with Gasteiger partial charge in [0.2, 0.25) is 6.10 Å². The lowest BCUT2D eigenvalue weighted by Crippen LogP contribution is -2.65. The van der Waals surface area contributed by atoms with Crippen molar-refractivity contribution in [3.8, 4) is 5.75 Å². The molecule has 3 aliphatic rings. The number of alkyl halides is 3. The van der Waals surface area contributed by atoms with Crippen molar-refractivity contribution in [3.05, 3.63) is 29.8 Å². The zero-order valence-electron chi connectivity index (χ0n) is 16.3. The number of fused-ring (bicyclic) bond motifs is 1. The van der Waals surface area contributed by atoms with Gasteiger partial charge in [-0.2, -0.15) is 13.2 Å². The minimum atomic E-state index is -4.43. The van der Waals surface area contributed by atoms with Crippen LogP contribution in [0.25, 0.3) is 0 Å². The summed E-state index contributed by atoms with van der Waals surface area (Å²) in [6.45, 7) is 2.10. The van der Waals surface area contributed by atoms with Gasteiger partial charge in [0.25, 0.3) is 11.8 Å². The maximum atomic E-state index is 12.9. The molecule has 3 fully saturated rings. The van der Waals surface area contributed by atoms with E-state index in [1.54, 1.807) is 4.90 Å². The van der Waals surface area contributed by atoms with Crippen molar-refractivity contribution >= 4 is 11.8 Å². The second kappa shape index (κ2) is 8.43. The number of carbonyl (C=O) groups is 2. The fourth-order valence-electron chi connectivity index (χ4n) is 4.10. The van der Waals surface area contributed by atoms with E-state index in [-0.39, 0.29) is 29.9 Å². The number of ether oxygens (including phenoxy) is 2. The molecule has 164 valence electrons. The molecule has 7 nitrogen and oxygen atoms in total. The van der Waals surface area contributed by atoms with Crippen molar-refractivity contribution in [1.82, 2.24) is 15.5 Å². The molecule has 2 amide bonds. The normalized spacial score (nSPS) is 27.9. The Morgan fingerprint density at radius 3 is 2.70 bits per heavy atom. The third kappa shape index (κ3) is 4.54. The van der Waals surface area contributed by atoms with E-state index in [4.69, 9.17) is 9.47 Å². The largest absolute Gasteiger partial charge is 0.490 e. The summed E-state index contributed by atoms with van der Waals surface area (Å²) in [5.41, 5.74) is -0.760. The van der Waals surface area contributed by atoms with Crippen molar-refractivity contribution in [1.29, 1.82) is 0 Å². The lowest BCUT2D eigenvalue weighted by atomic mass is 10.00. The van der Waals surface area contributed by atoms with Crippen LogP contribution in [-0.2, 0) is 20.5 Å². The lowest BCUT2D eigenvalue weighted by Gasteiger charge is -2.41. The number of carbonyl (C=O) groups excluding carboxylic acids is 2. The third-order valence-electron chi connectivity index (χ3n) is 5.74. The van der Waals surface area contributed by atoms with Gasteiger partial charge in [-0.05, 0) is 31.2 Å². The Morgan fingerprint density at radius 1 is 1.20 bits per heavy atom. The van der Waals surface area contributed by atoms with Crippen LogP contribution in [-0.4, -0.2) is 67.2 Å². The van der Waals surface area contributed by atoms with Crippen LogP contribution in [0.5, 0.6) is 5.75 Å². The first-order valence-electron chi connectivity index (χ1n) is 10.1. The Kier molecular flexibility index (Phi) is 5.88. The quantitative estimate of drug-likeness (QED) is 0.712. The van der Waals surface area contributed by atoms with E-state index in [0.29, 0.717) is 32.5 Å². The molecule has 4 rings (SSSR count). The van der Waals surface area contributed by atoms with Crippen LogP contribution in [0.1, 0.15) is 24.8 Å². The summed E-state index contributed by atoms with van der Waals surface area (Å²) >= 11 is 0. The Hall–Kier alpha value is -2.33. The van der Waals surface area contributed by atoms with Gasteiger partial charge in [-0.25, -0.2) is 0 Å². The van der Waals surface area contributed by atoms with Gasteiger partial charge in [-0.15, -0.1) is 0 Å². The summed E-state index contributed by atoms with van der Waals surface area (Å²) in [5, 5.41) is 6.04. The maximum absolute atomic E-state index is 12.9. The molecule has 3 unspecified atom stereocenters. The number of likely N-dealkylation sites (tertiary alicyclic amines) is 1. The van der Waals surface area contributed by atoms with Gasteiger partial charge >= 0.3 is 6.18 Å². The number of nitrogens with one attached hydrogen (secondary N) is 2. The highest BCUT2D eigenvalue weighted by Crippen LogP contribution is 2.32. The van der Waals surface area contributed by atoms with Gasteiger partial charge in [0.15, 0.2) is 0 Å². The van der Waals surface area contributed by atoms with E-state index >= 15 is 0 Å². The predicted molar refractivity (Wildman–Crippen MR) is 99.8 cm³/mol. The summed E-state index contributed by atoms with van der Waals surface area (Å²) < 4.78 is 50.1. The fraction of sp³-hybridized carbons (Fsp3) is 0.600. The first kappa shape index (κ1) is 20.9. The number of nitrogens with zero attached hydrogens (tertiary/aromatic N) is 1. The molecule has 2 N–H and O–H groups in total. The average Bonchev–Trinajstić information content (AvgIpc) is 2.73. The summed E-state index contributed by atoms with van der Waals surface area (Å²) in [6.07, 6.45) is -4.40. The summed E-state index contributed by atoms with van der Waals surface area (Å²) in [6, 6.07) is 4.65. The first-order valence-corrected chi connectivity index (χ1v) is 10.1. The highest BCUT2D eigenvalue weighted by Gasteiger charge is 2.43. The van der Waals surface area contributed by atoms with Crippen LogP contribution in [0.15, 0.2) is 24.3 Å². The van der Waals surface area contributed by atoms with Gasteiger partial charge in [-0.3, -0.25) is 9.59 Å². The Morgan fingerprint density at radius 2 is 1.97 bits per heavy atom. The first-order chi connectivity index (χ1) is 14.3. The Balaban J connectivity index is 1.31. The molecule has 0 spiro atoms. The number of piperidine rings is 2. The molecule has 3 saturated heterocycles. The van der Waals surface area contributed by atoms with Crippen LogP contribution < -0.4 is 15.4 Å². The third-order valence-corrected chi connectivity index (χ3v) is 5.74. The van der Waals surface area contributed by atoms with E-state index in [1.165, 1.54) is 12.1 Å². The molecule has 0 radical (unpaired) electrons. The van der Waals surface area contributed by atoms with Crippen LogP contribution >= 0.6 is 0 Å². The summed E-state index contributed by atoms with van der Waals surface area (Å²) in [5.74, 6) is -0.643. The topological polar surface area (TPSA) is 79.9 Å². The van der Waals surface area contributed by atoms with Crippen molar-refractivity contribution in [2.75, 3.05) is 26.2 Å². The predicted octanol–water partition coefficient (Wildman–Crippen LogP) is 1.32. The van der Waals surface area contributed by atoms with E-state index in [1.807, 2.05) is 0 Å². The van der Waals surface area contributed by atoms with Crippen molar-refractivity contribution in [2.45, 2.75) is 49.8 Å². The zero-order chi connectivity index (χ0) is 21.3. The van der Waals surface area contributed by atoms with Crippen molar-refractivity contribution in [2.24, 2.45) is 0 Å². The fourth-order valence-corrected chi connectivity index (χ4v) is 4.10. The standard InChI is InChI=1S/C20H24F3N3O4/c21-20(22,23)12-2-1-3-14(10-12)29-13-5-8-26(9-6-13)19(28)17-18(27)25-15-11-24-7-4-16(15)30-17/h1-3,10,13,15-17,24H,4-9,11H2,(H,25,27). The SMILES string of the molecule is O=C1NC2CNCCC2OC1C(=O)N1CCC(Oc2cccc(C(F)(F)F)c2)CC1. The number of rotatable bonds is 3. The van der Waals surface area contributed by atoms with E-state index < -0.39 is 23.8 Å². The molecule has 0 bridgehead atoms. The molecule has 3 atom stereocenters. The summed E-state index contributed by atoms with van der Waals surface area (Å²) in [7, 11) is 0. The molecule has 30 heavy (non-hydrogen) atoms. The van der Waals surface area contributed by atoms with Crippen molar-refractivity contribution in [3.63, 3.8) is 0 Å². The molecule has 1 aromatic rings. The molecule has 3 heterocycles. The molecular weight excluding hydrogens is 403 g/mol. The van der Waals surface area contributed by atoms with Crippen LogP contribution in [0.4, 0.5) is 13.2 Å². The molecule has 0 aromatic heterocycles. The second-order valence-corrected chi connectivity index (χ2v) is 7.83. The zero-order valence-corrected chi connectivity index (χ0v) is 16.3. The van der Waals surface area contributed by atoms with Gasteiger partial charge in [0.1, 0.15) is 11.9 Å². The van der Waals surface area contributed by atoms with Gasteiger partial charge in [0.05, 0.1) is 17.7 Å². The lowest BCUT2D eigenvalue weighted by molar-refractivity contribution is -0.168. The van der Waals surface area contributed by atoms with E-state index in [9.17, 15) is 22.8 Å². The molecular formula is C20H24F3N3O4. The van der Waals surface area contributed by atoms with E-state index in [0.717, 1.165) is 25.1 Å². The van der Waals surface area contributed by atoms with Crippen LogP contribution in [0.3, 0.4) is 0 Å². The van der Waals surface area contributed by atoms with Crippen LogP contribution in [0.2, 0.25) is 0 Å². The molecule has 1 aromatic carbocycles. The van der Waals surface area contributed by atoms with Crippen LogP contribution in [0, 0.1) is 0 Å². The molecule has 10 heteroatoms. The number of halogens is 3. The van der Waals surface area contributed by atoms with Gasteiger partial charge in [0, 0.05) is 32.5 Å². The Bertz CT molecular complexity index is 796. The highest BCUT2D eigenvalue weighted by atomic mass is 19.4. The van der Waals surface area contributed by atoms with Gasteiger partial charge < -0.3 is 25.0 Å². The smallest absolute Gasteiger partial charge is 0.416 e. The maximum Gasteiger partial charge on any atom is 0.416 e. The number of hydrogen-bond donors (Lipinski definition) is 2. The minimum absolute atomic E-state index is 0.123. The number of benzene rings is 1. The highest BCUT2D eigenvalue weighted by molar-refractivity contribution is 6.03. The monoisotopic (exact) mass is 427 g/mol. The second-order valence-electron chi connectivity index (χ2n) is 7.83.